The minimum absolute atomic E-state index is 0.0954. The monoisotopic (exact) mass is 311 g/mol. The standard InChI is InChI=1S/C19H25N3O/c1-13(2)18(23)21-16(17-20-11-12-22(17)6)14-7-9-15(10-8-14)19(3,4)5/h7-12,16H,1H2,2-6H3,(H,21,23). The van der Waals surface area contributed by atoms with Crippen molar-refractivity contribution in [1.29, 1.82) is 0 Å². The van der Waals surface area contributed by atoms with E-state index in [2.05, 4.69) is 61.9 Å². The van der Waals surface area contributed by atoms with Crippen molar-refractivity contribution >= 4 is 5.91 Å². The van der Waals surface area contributed by atoms with Gasteiger partial charge in [0.1, 0.15) is 11.9 Å². The van der Waals surface area contributed by atoms with Crippen molar-refractivity contribution in [2.75, 3.05) is 0 Å². The summed E-state index contributed by atoms with van der Waals surface area (Å²) in [5, 5.41) is 3.01. The largest absolute Gasteiger partial charge is 0.338 e. The molecule has 0 aliphatic heterocycles. The Morgan fingerprint density at radius 3 is 2.30 bits per heavy atom. The van der Waals surface area contributed by atoms with E-state index in [1.807, 2.05) is 17.8 Å². The first-order chi connectivity index (χ1) is 10.7. The summed E-state index contributed by atoms with van der Waals surface area (Å²) < 4.78 is 1.92. The van der Waals surface area contributed by atoms with E-state index in [1.54, 1.807) is 13.1 Å². The number of benzene rings is 1. The highest BCUT2D eigenvalue weighted by Crippen LogP contribution is 2.26. The van der Waals surface area contributed by atoms with Crippen molar-refractivity contribution in [3.63, 3.8) is 0 Å². The molecule has 1 N–H and O–H groups in total. The van der Waals surface area contributed by atoms with E-state index >= 15 is 0 Å². The van der Waals surface area contributed by atoms with Crippen LogP contribution in [-0.2, 0) is 17.3 Å². The van der Waals surface area contributed by atoms with Gasteiger partial charge in [-0.15, -0.1) is 0 Å². The molecule has 0 aliphatic carbocycles. The van der Waals surface area contributed by atoms with Crippen LogP contribution in [0.2, 0.25) is 0 Å². The summed E-state index contributed by atoms with van der Waals surface area (Å²) >= 11 is 0. The molecule has 4 heteroatoms. The second-order valence-electron chi connectivity index (χ2n) is 6.96. The van der Waals surface area contributed by atoms with Gasteiger partial charge in [-0.05, 0) is 23.5 Å². The second kappa shape index (κ2) is 6.41. The van der Waals surface area contributed by atoms with Gasteiger partial charge in [0.2, 0.25) is 5.91 Å². The maximum absolute atomic E-state index is 12.1. The molecule has 2 aromatic rings. The molecule has 0 bridgehead atoms. The highest BCUT2D eigenvalue weighted by molar-refractivity contribution is 5.92. The molecule has 0 saturated carbocycles. The zero-order valence-corrected chi connectivity index (χ0v) is 14.6. The fraction of sp³-hybridized carbons (Fsp3) is 0.368. The number of hydrogen-bond acceptors (Lipinski definition) is 2. The van der Waals surface area contributed by atoms with E-state index < -0.39 is 0 Å². The molecule has 4 nitrogen and oxygen atoms in total. The van der Waals surface area contributed by atoms with E-state index in [0.717, 1.165) is 11.4 Å². The van der Waals surface area contributed by atoms with Crippen LogP contribution in [0.25, 0.3) is 0 Å². The molecule has 122 valence electrons. The Morgan fingerprint density at radius 2 is 1.87 bits per heavy atom. The molecule has 1 aromatic heterocycles. The van der Waals surface area contributed by atoms with E-state index in [1.165, 1.54) is 5.56 Å². The second-order valence-corrected chi connectivity index (χ2v) is 6.96. The van der Waals surface area contributed by atoms with E-state index in [-0.39, 0.29) is 17.4 Å². The molecule has 1 amide bonds. The predicted molar refractivity (Wildman–Crippen MR) is 93.1 cm³/mol. The lowest BCUT2D eigenvalue weighted by Crippen LogP contribution is -2.31. The van der Waals surface area contributed by atoms with E-state index in [9.17, 15) is 4.79 Å². The van der Waals surface area contributed by atoms with Crippen molar-refractivity contribution in [3.8, 4) is 0 Å². The Morgan fingerprint density at radius 1 is 1.26 bits per heavy atom. The van der Waals surface area contributed by atoms with Gasteiger partial charge in [-0.25, -0.2) is 4.98 Å². The van der Waals surface area contributed by atoms with Crippen molar-refractivity contribution in [2.24, 2.45) is 7.05 Å². The minimum atomic E-state index is -0.298. The van der Waals surface area contributed by atoms with Crippen LogP contribution in [0.5, 0.6) is 0 Å². The van der Waals surface area contributed by atoms with Gasteiger partial charge >= 0.3 is 0 Å². The van der Waals surface area contributed by atoms with Crippen molar-refractivity contribution in [3.05, 3.63) is 65.8 Å². The predicted octanol–water partition coefficient (Wildman–Crippen LogP) is 3.50. The summed E-state index contributed by atoms with van der Waals surface area (Å²) in [4.78, 5) is 16.5. The number of hydrogen-bond donors (Lipinski definition) is 1. The zero-order valence-electron chi connectivity index (χ0n) is 14.6. The van der Waals surface area contributed by atoms with Gasteiger partial charge in [-0.2, -0.15) is 0 Å². The molecule has 0 spiro atoms. The Labute approximate surface area is 138 Å². The molecule has 1 unspecified atom stereocenters. The van der Waals surface area contributed by atoms with Gasteiger partial charge in [0.05, 0.1) is 0 Å². The minimum Gasteiger partial charge on any atom is -0.338 e. The summed E-state index contributed by atoms with van der Waals surface area (Å²) in [5.41, 5.74) is 2.83. The highest BCUT2D eigenvalue weighted by atomic mass is 16.1. The number of carbonyl (C=O) groups excluding carboxylic acids is 1. The smallest absolute Gasteiger partial charge is 0.247 e. The first-order valence-electron chi connectivity index (χ1n) is 7.74. The van der Waals surface area contributed by atoms with Crippen molar-refractivity contribution in [2.45, 2.75) is 39.2 Å². The fourth-order valence-corrected chi connectivity index (χ4v) is 2.38. The first kappa shape index (κ1) is 17.0. The lowest BCUT2D eigenvalue weighted by Gasteiger charge is -2.22. The molecular weight excluding hydrogens is 286 g/mol. The normalized spacial score (nSPS) is 12.7. The summed E-state index contributed by atoms with van der Waals surface area (Å²) in [6.45, 7) is 12.0. The molecule has 1 atom stereocenters. The van der Waals surface area contributed by atoms with Crippen LogP contribution in [-0.4, -0.2) is 15.5 Å². The summed E-state index contributed by atoms with van der Waals surface area (Å²) in [5.74, 6) is 0.626. The van der Waals surface area contributed by atoms with E-state index in [4.69, 9.17) is 0 Å². The maximum atomic E-state index is 12.1. The fourth-order valence-electron chi connectivity index (χ4n) is 2.38. The Balaban J connectivity index is 2.39. The number of nitrogens with one attached hydrogen (secondary N) is 1. The molecule has 0 aliphatic rings. The molecule has 1 aromatic carbocycles. The zero-order chi connectivity index (χ0) is 17.2. The molecule has 0 fully saturated rings. The van der Waals surface area contributed by atoms with Crippen LogP contribution in [0.1, 0.15) is 50.7 Å². The topological polar surface area (TPSA) is 46.9 Å². The maximum Gasteiger partial charge on any atom is 0.247 e. The molecule has 0 radical (unpaired) electrons. The summed E-state index contributed by atoms with van der Waals surface area (Å²) in [6, 6.07) is 8.03. The average Bonchev–Trinajstić information content (AvgIpc) is 2.89. The van der Waals surface area contributed by atoms with Crippen LogP contribution in [0, 0.1) is 0 Å². The van der Waals surface area contributed by atoms with Gasteiger partial charge in [-0.1, -0.05) is 51.6 Å². The quantitative estimate of drug-likeness (QED) is 0.879. The third-order valence-corrected chi connectivity index (χ3v) is 3.89. The van der Waals surface area contributed by atoms with Gasteiger partial charge in [0.15, 0.2) is 0 Å². The van der Waals surface area contributed by atoms with Gasteiger partial charge in [0.25, 0.3) is 0 Å². The van der Waals surface area contributed by atoms with E-state index in [0.29, 0.717) is 5.57 Å². The molecule has 1 heterocycles. The van der Waals surface area contributed by atoms with Crippen molar-refractivity contribution < 1.29 is 4.79 Å². The molecule has 0 saturated heterocycles. The van der Waals surface area contributed by atoms with Gasteiger partial charge < -0.3 is 9.88 Å². The van der Waals surface area contributed by atoms with Gasteiger partial charge in [0, 0.05) is 25.0 Å². The van der Waals surface area contributed by atoms with Crippen molar-refractivity contribution in [1.82, 2.24) is 14.9 Å². The molecule has 2 rings (SSSR count). The SMILES string of the molecule is C=C(C)C(=O)NC(c1ccc(C(C)(C)C)cc1)c1nccn1C. The molecular formula is C19H25N3O. The van der Waals surface area contributed by atoms with Crippen LogP contribution in [0.15, 0.2) is 48.8 Å². The number of aromatic nitrogens is 2. The lowest BCUT2D eigenvalue weighted by atomic mass is 9.86. The van der Waals surface area contributed by atoms with Gasteiger partial charge in [-0.3, -0.25) is 4.79 Å². The Hall–Kier alpha value is -2.36. The number of rotatable bonds is 4. The number of carbonyl (C=O) groups is 1. The Bertz CT molecular complexity index is 705. The Kier molecular flexibility index (Phi) is 4.73. The number of aryl methyl sites for hydroxylation is 1. The lowest BCUT2D eigenvalue weighted by molar-refractivity contribution is -0.118. The number of imidazole rings is 1. The summed E-state index contributed by atoms with van der Waals surface area (Å²) in [7, 11) is 1.92. The first-order valence-corrected chi connectivity index (χ1v) is 7.74. The van der Waals surface area contributed by atoms with Crippen LogP contribution >= 0.6 is 0 Å². The molecule has 23 heavy (non-hydrogen) atoms. The average molecular weight is 311 g/mol. The highest BCUT2D eigenvalue weighted by Gasteiger charge is 2.22. The number of amides is 1. The van der Waals surface area contributed by atoms with Crippen LogP contribution in [0.4, 0.5) is 0 Å². The van der Waals surface area contributed by atoms with Crippen LogP contribution < -0.4 is 5.32 Å². The van der Waals surface area contributed by atoms with Crippen LogP contribution in [0.3, 0.4) is 0 Å². The third-order valence-electron chi connectivity index (χ3n) is 3.89. The number of nitrogens with zero attached hydrogens (tertiary/aromatic N) is 2. The summed E-state index contributed by atoms with van der Waals surface area (Å²) in [6.07, 6.45) is 3.61. The third kappa shape index (κ3) is 3.89.